The zero-order valence-corrected chi connectivity index (χ0v) is 28.3. The Hall–Kier alpha value is -5.48. The smallest absolute Gasteiger partial charge is 0.144 e. The van der Waals surface area contributed by atoms with Gasteiger partial charge in [0, 0.05) is 35.9 Å². The third-order valence-corrected chi connectivity index (χ3v) is 9.46. The fourth-order valence-electron chi connectivity index (χ4n) is 6.93. The standard InChI is InChI=1S/C44H42N4/c1-31-8-5-9-32(2)41(31)47-28-26-45-43(47)39-22-18-35(19-23-39)14-16-37-12-7-13-38(30-37)17-15-36-20-24-40(25-21-36)44-46-27-29-48(44)42-33(3)10-6-11-34(42)4/h5-13,18-30H,14-17H2,1-4H3. The second-order valence-corrected chi connectivity index (χ2v) is 12.9. The number of rotatable bonds is 10. The molecular weight excluding hydrogens is 585 g/mol. The summed E-state index contributed by atoms with van der Waals surface area (Å²) in [5.41, 5.74) is 15.1. The van der Waals surface area contributed by atoms with Crippen molar-refractivity contribution in [2.24, 2.45) is 0 Å². The molecule has 0 N–H and O–H groups in total. The summed E-state index contributed by atoms with van der Waals surface area (Å²) >= 11 is 0. The molecule has 0 radical (unpaired) electrons. The molecule has 7 aromatic rings. The Bertz CT molecular complexity index is 1970. The molecule has 2 aromatic heterocycles. The number of aromatic nitrogens is 4. The van der Waals surface area contributed by atoms with Gasteiger partial charge in [0.25, 0.3) is 0 Å². The van der Waals surface area contributed by atoms with Gasteiger partial charge in [-0.15, -0.1) is 0 Å². The van der Waals surface area contributed by atoms with Crippen LogP contribution in [0.15, 0.2) is 134 Å². The van der Waals surface area contributed by atoms with Crippen molar-refractivity contribution in [3.8, 4) is 34.2 Å². The third-order valence-electron chi connectivity index (χ3n) is 9.46. The summed E-state index contributed by atoms with van der Waals surface area (Å²) in [5.74, 6) is 1.95. The van der Waals surface area contributed by atoms with Crippen molar-refractivity contribution >= 4 is 0 Å². The van der Waals surface area contributed by atoms with Crippen LogP contribution in [0.3, 0.4) is 0 Å². The molecule has 0 aliphatic heterocycles. The van der Waals surface area contributed by atoms with Gasteiger partial charge < -0.3 is 0 Å². The maximum Gasteiger partial charge on any atom is 0.144 e. The highest BCUT2D eigenvalue weighted by Gasteiger charge is 2.13. The van der Waals surface area contributed by atoms with Crippen molar-refractivity contribution < 1.29 is 0 Å². The van der Waals surface area contributed by atoms with Gasteiger partial charge in [0.1, 0.15) is 11.6 Å². The van der Waals surface area contributed by atoms with E-state index in [0.717, 1.165) is 48.5 Å². The van der Waals surface area contributed by atoms with E-state index >= 15 is 0 Å². The average Bonchev–Trinajstić information content (AvgIpc) is 3.78. The molecule has 4 nitrogen and oxygen atoms in total. The Morgan fingerprint density at radius 3 is 1.17 bits per heavy atom. The molecule has 0 bridgehead atoms. The van der Waals surface area contributed by atoms with Crippen LogP contribution < -0.4 is 0 Å². The van der Waals surface area contributed by atoms with Crippen molar-refractivity contribution in [2.45, 2.75) is 53.4 Å². The number of aryl methyl sites for hydroxylation is 8. The molecule has 0 atom stereocenters. The molecule has 2 heterocycles. The lowest BCUT2D eigenvalue weighted by atomic mass is 9.98. The predicted molar refractivity (Wildman–Crippen MR) is 198 cm³/mol. The Labute approximate surface area is 284 Å². The summed E-state index contributed by atoms with van der Waals surface area (Å²) in [5, 5.41) is 0. The van der Waals surface area contributed by atoms with Gasteiger partial charge in [0.05, 0.1) is 11.4 Å². The van der Waals surface area contributed by atoms with Crippen LogP contribution in [0, 0.1) is 27.7 Å². The molecule has 7 rings (SSSR count). The van der Waals surface area contributed by atoms with E-state index in [0.29, 0.717) is 0 Å². The minimum Gasteiger partial charge on any atom is -0.299 e. The maximum absolute atomic E-state index is 4.71. The van der Waals surface area contributed by atoms with Crippen molar-refractivity contribution in [1.82, 2.24) is 19.1 Å². The van der Waals surface area contributed by atoms with Gasteiger partial charge in [-0.1, -0.05) is 109 Å². The maximum atomic E-state index is 4.71. The van der Waals surface area contributed by atoms with Gasteiger partial charge in [0.15, 0.2) is 0 Å². The Kier molecular flexibility index (Phi) is 8.89. The van der Waals surface area contributed by atoms with Crippen LogP contribution in [0.4, 0.5) is 0 Å². The Balaban J connectivity index is 0.971. The van der Waals surface area contributed by atoms with Gasteiger partial charge in [-0.2, -0.15) is 0 Å². The number of benzene rings is 5. The molecule has 0 saturated heterocycles. The Morgan fingerprint density at radius 2 is 0.771 bits per heavy atom. The van der Waals surface area contributed by atoms with Gasteiger partial charge >= 0.3 is 0 Å². The Morgan fingerprint density at radius 1 is 0.417 bits per heavy atom. The molecule has 0 amide bonds. The lowest BCUT2D eigenvalue weighted by molar-refractivity contribution is 0.930. The normalized spacial score (nSPS) is 11.2. The molecule has 0 aliphatic carbocycles. The van der Waals surface area contributed by atoms with Crippen LogP contribution >= 0.6 is 0 Å². The van der Waals surface area contributed by atoms with E-state index in [2.05, 4.69) is 158 Å². The van der Waals surface area contributed by atoms with Crippen molar-refractivity contribution in [3.05, 3.63) is 178 Å². The fourth-order valence-corrected chi connectivity index (χ4v) is 6.93. The summed E-state index contributed by atoms with van der Waals surface area (Å²) in [6.45, 7) is 8.64. The highest BCUT2D eigenvalue weighted by Crippen LogP contribution is 2.28. The summed E-state index contributed by atoms with van der Waals surface area (Å²) in [7, 11) is 0. The number of hydrogen-bond donors (Lipinski definition) is 0. The molecule has 0 unspecified atom stereocenters. The van der Waals surface area contributed by atoms with Gasteiger partial charge in [-0.3, -0.25) is 9.13 Å². The second kappa shape index (κ2) is 13.7. The quantitative estimate of drug-likeness (QED) is 0.151. The third kappa shape index (κ3) is 6.52. The van der Waals surface area contributed by atoms with Gasteiger partial charge in [0.2, 0.25) is 0 Å². The van der Waals surface area contributed by atoms with Crippen LogP contribution in [0.1, 0.15) is 44.5 Å². The van der Waals surface area contributed by atoms with Gasteiger partial charge in [-0.05, 0) is 97.9 Å². The number of nitrogens with zero attached hydrogens (tertiary/aromatic N) is 4. The van der Waals surface area contributed by atoms with E-state index in [1.807, 2.05) is 12.4 Å². The molecular formula is C44H42N4. The summed E-state index contributed by atoms with van der Waals surface area (Å²) in [4.78, 5) is 9.43. The molecule has 4 heteroatoms. The molecule has 48 heavy (non-hydrogen) atoms. The second-order valence-electron chi connectivity index (χ2n) is 12.9. The first-order valence-electron chi connectivity index (χ1n) is 16.9. The summed E-state index contributed by atoms with van der Waals surface area (Å²) < 4.78 is 4.42. The molecule has 0 saturated carbocycles. The van der Waals surface area contributed by atoms with Crippen LogP contribution in [-0.2, 0) is 25.7 Å². The molecule has 0 fully saturated rings. The molecule has 5 aromatic carbocycles. The predicted octanol–water partition coefficient (Wildman–Crippen LogP) is 10.2. The van der Waals surface area contributed by atoms with Gasteiger partial charge in [-0.25, -0.2) is 9.97 Å². The first kappa shape index (κ1) is 31.1. The average molecular weight is 627 g/mol. The minimum atomic E-state index is 0.977. The van der Waals surface area contributed by atoms with Crippen molar-refractivity contribution in [3.63, 3.8) is 0 Å². The number of imidazole rings is 2. The van der Waals surface area contributed by atoms with Crippen molar-refractivity contribution in [1.29, 1.82) is 0 Å². The van der Waals surface area contributed by atoms with Crippen LogP contribution in [0.2, 0.25) is 0 Å². The molecule has 0 aliphatic rings. The molecule has 0 spiro atoms. The van der Waals surface area contributed by atoms with E-state index in [1.165, 1.54) is 55.9 Å². The number of hydrogen-bond acceptors (Lipinski definition) is 2. The van der Waals surface area contributed by atoms with Crippen LogP contribution in [0.25, 0.3) is 34.2 Å². The lowest BCUT2D eigenvalue weighted by Crippen LogP contribution is -2.01. The van der Waals surface area contributed by atoms with Crippen LogP contribution in [0.5, 0.6) is 0 Å². The van der Waals surface area contributed by atoms with E-state index in [9.17, 15) is 0 Å². The van der Waals surface area contributed by atoms with E-state index in [-0.39, 0.29) is 0 Å². The van der Waals surface area contributed by atoms with Crippen molar-refractivity contribution in [2.75, 3.05) is 0 Å². The van der Waals surface area contributed by atoms with E-state index < -0.39 is 0 Å². The highest BCUT2D eigenvalue weighted by atomic mass is 15.1. The largest absolute Gasteiger partial charge is 0.299 e. The number of para-hydroxylation sites is 2. The topological polar surface area (TPSA) is 35.6 Å². The zero-order valence-electron chi connectivity index (χ0n) is 28.3. The highest BCUT2D eigenvalue weighted by molar-refractivity contribution is 5.63. The van der Waals surface area contributed by atoms with E-state index in [4.69, 9.17) is 9.97 Å². The zero-order chi connectivity index (χ0) is 33.0. The first-order chi connectivity index (χ1) is 23.4. The minimum absolute atomic E-state index is 0.977. The first-order valence-corrected chi connectivity index (χ1v) is 16.9. The fraction of sp³-hybridized carbons (Fsp3) is 0.182. The van der Waals surface area contributed by atoms with Crippen LogP contribution in [-0.4, -0.2) is 19.1 Å². The monoisotopic (exact) mass is 626 g/mol. The molecule has 238 valence electrons. The summed E-state index contributed by atoms with van der Waals surface area (Å²) in [6, 6.07) is 39.8. The lowest BCUT2D eigenvalue weighted by Gasteiger charge is -2.14. The summed E-state index contributed by atoms with van der Waals surface area (Å²) in [6.07, 6.45) is 12.0. The van der Waals surface area contributed by atoms with E-state index in [1.54, 1.807) is 0 Å². The SMILES string of the molecule is Cc1cccc(C)c1-n1ccnc1-c1ccc(CCc2cccc(CCc3ccc(-c4nccn4-c4c(C)cccc4C)cc3)c2)cc1.